The highest BCUT2D eigenvalue weighted by Gasteiger charge is 2.17. The second kappa shape index (κ2) is 7.21. The first kappa shape index (κ1) is 17.2. The first-order chi connectivity index (χ1) is 13.2. The van der Waals surface area contributed by atoms with Gasteiger partial charge < -0.3 is 15.0 Å². The van der Waals surface area contributed by atoms with Crippen molar-refractivity contribution in [2.75, 3.05) is 6.61 Å². The van der Waals surface area contributed by atoms with Crippen LogP contribution in [0.5, 0.6) is 0 Å². The molecule has 4 aromatic rings. The molecule has 0 radical (unpaired) electrons. The van der Waals surface area contributed by atoms with E-state index in [0.29, 0.717) is 5.56 Å². The third-order valence-electron chi connectivity index (χ3n) is 4.94. The Bertz CT molecular complexity index is 1100. The fourth-order valence-corrected chi connectivity index (χ4v) is 3.58. The van der Waals surface area contributed by atoms with Crippen LogP contribution in [0, 0.1) is 0 Å². The molecule has 0 spiro atoms. The minimum Gasteiger partial charge on any atom is -0.394 e. The van der Waals surface area contributed by atoms with Crippen molar-refractivity contribution in [1.82, 2.24) is 14.9 Å². The molecule has 0 saturated heterocycles. The number of aliphatic hydroxyl groups excluding tert-OH is 1. The molecule has 2 heterocycles. The maximum absolute atomic E-state index is 12.8. The lowest BCUT2D eigenvalue weighted by Gasteiger charge is -2.17. The number of nitrogens with one attached hydrogen (secondary N) is 1. The van der Waals surface area contributed by atoms with Gasteiger partial charge in [-0.1, -0.05) is 36.4 Å². The van der Waals surface area contributed by atoms with Gasteiger partial charge in [-0.05, 0) is 30.7 Å². The molecule has 0 bridgehead atoms. The van der Waals surface area contributed by atoms with E-state index in [0.717, 1.165) is 33.9 Å². The number of pyridine rings is 1. The standard InChI is InChI=1S/C22H21N3O2/c1-2-25-20-12-16(8-9-17(20)18-10-11-23-13-21(18)25)22(27)24-19(14-26)15-6-4-3-5-7-15/h3-13,19,26H,2,14H2,1H3,(H,24,27). The second-order valence-electron chi connectivity index (χ2n) is 6.49. The Morgan fingerprint density at radius 2 is 1.89 bits per heavy atom. The van der Waals surface area contributed by atoms with Gasteiger partial charge in [0.2, 0.25) is 0 Å². The fourth-order valence-electron chi connectivity index (χ4n) is 3.58. The summed E-state index contributed by atoms with van der Waals surface area (Å²) >= 11 is 0. The zero-order valence-electron chi connectivity index (χ0n) is 15.1. The highest BCUT2D eigenvalue weighted by molar-refractivity contribution is 6.10. The number of hydrogen-bond acceptors (Lipinski definition) is 3. The molecule has 0 aliphatic rings. The van der Waals surface area contributed by atoms with Gasteiger partial charge in [0, 0.05) is 34.6 Å². The van der Waals surface area contributed by atoms with Crippen LogP contribution in [-0.2, 0) is 6.54 Å². The van der Waals surface area contributed by atoms with E-state index in [1.54, 1.807) is 6.20 Å². The van der Waals surface area contributed by atoms with Crippen LogP contribution in [0.1, 0.15) is 28.9 Å². The highest BCUT2D eigenvalue weighted by atomic mass is 16.3. The van der Waals surface area contributed by atoms with Gasteiger partial charge in [-0.15, -0.1) is 0 Å². The molecule has 136 valence electrons. The van der Waals surface area contributed by atoms with Crippen LogP contribution in [-0.4, -0.2) is 27.2 Å². The van der Waals surface area contributed by atoms with Gasteiger partial charge in [-0.3, -0.25) is 9.78 Å². The van der Waals surface area contributed by atoms with Crippen molar-refractivity contribution < 1.29 is 9.90 Å². The molecule has 4 rings (SSSR count). The van der Waals surface area contributed by atoms with Crippen LogP contribution < -0.4 is 5.32 Å². The molecule has 0 aliphatic carbocycles. The third kappa shape index (κ3) is 3.06. The number of benzene rings is 2. The topological polar surface area (TPSA) is 67.2 Å². The predicted molar refractivity (Wildman–Crippen MR) is 107 cm³/mol. The summed E-state index contributed by atoms with van der Waals surface area (Å²) in [4.78, 5) is 17.0. The Morgan fingerprint density at radius 1 is 1.11 bits per heavy atom. The molecule has 0 saturated carbocycles. The summed E-state index contributed by atoms with van der Waals surface area (Å²) in [6, 6.07) is 16.8. The molecule has 1 amide bonds. The Morgan fingerprint density at radius 3 is 2.63 bits per heavy atom. The maximum atomic E-state index is 12.8. The maximum Gasteiger partial charge on any atom is 0.251 e. The number of nitrogens with zero attached hydrogens (tertiary/aromatic N) is 2. The first-order valence-corrected chi connectivity index (χ1v) is 9.05. The average molecular weight is 359 g/mol. The smallest absolute Gasteiger partial charge is 0.251 e. The van der Waals surface area contributed by atoms with Crippen molar-refractivity contribution >= 4 is 27.7 Å². The molecule has 5 heteroatoms. The van der Waals surface area contributed by atoms with Crippen LogP contribution in [0.4, 0.5) is 0 Å². The molecule has 5 nitrogen and oxygen atoms in total. The zero-order chi connectivity index (χ0) is 18.8. The van der Waals surface area contributed by atoms with E-state index < -0.39 is 6.04 Å². The number of aryl methyl sites for hydroxylation is 1. The van der Waals surface area contributed by atoms with Crippen molar-refractivity contribution in [1.29, 1.82) is 0 Å². The van der Waals surface area contributed by atoms with Crippen LogP contribution in [0.3, 0.4) is 0 Å². The minimum absolute atomic E-state index is 0.154. The Kier molecular flexibility index (Phi) is 4.60. The average Bonchev–Trinajstić information content (AvgIpc) is 3.05. The van der Waals surface area contributed by atoms with Crippen LogP contribution in [0.25, 0.3) is 21.8 Å². The van der Waals surface area contributed by atoms with Gasteiger partial charge in [0.1, 0.15) is 0 Å². The Labute approximate surface area is 157 Å². The van der Waals surface area contributed by atoms with E-state index in [9.17, 15) is 9.90 Å². The Balaban J connectivity index is 1.71. The molecule has 2 aromatic heterocycles. The highest BCUT2D eigenvalue weighted by Crippen LogP contribution is 2.29. The Hall–Kier alpha value is -3.18. The summed E-state index contributed by atoms with van der Waals surface area (Å²) in [6.07, 6.45) is 3.64. The summed E-state index contributed by atoms with van der Waals surface area (Å²) in [5, 5.41) is 14.9. The van der Waals surface area contributed by atoms with Gasteiger partial charge >= 0.3 is 0 Å². The summed E-state index contributed by atoms with van der Waals surface area (Å²) < 4.78 is 2.16. The number of aromatic nitrogens is 2. The van der Waals surface area contributed by atoms with E-state index in [1.807, 2.05) is 60.8 Å². The van der Waals surface area contributed by atoms with Crippen LogP contribution in [0.15, 0.2) is 67.0 Å². The molecule has 0 fully saturated rings. The van der Waals surface area contributed by atoms with E-state index in [4.69, 9.17) is 0 Å². The van der Waals surface area contributed by atoms with Crippen molar-refractivity contribution in [2.24, 2.45) is 0 Å². The van der Waals surface area contributed by atoms with Crippen molar-refractivity contribution in [3.8, 4) is 0 Å². The third-order valence-corrected chi connectivity index (χ3v) is 4.94. The van der Waals surface area contributed by atoms with E-state index in [2.05, 4.69) is 21.8 Å². The van der Waals surface area contributed by atoms with Gasteiger partial charge in [0.15, 0.2) is 0 Å². The number of hydrogen-bond donors (Lipinski definition) is 2. The summed E-state index contributed by atoms with van der Waals surface area (Å²) in [5.41, 5.74) is 3.52. The molecular formula is C22H21N3O2. The zero-order valence-corrected chi connectivity index (χ0v) is 15.1. The van der Waals surface area contributed by atoms with Crippen molar-refractivity contribution in [2.45, 2.75) is 19.5 Å². The molecule has 1 unspecified atom stereocenters. The minimum atomic E-state index is -0.435. The molecule has 27 heavy (non-hydrogen) atoms. The number of rotatable bonds is 5. The summed E-state index contributed by atoms with van der Waals surface area (Å²) in [5.74, 6) is -0.203. The van der Waals surface area contributed by atoms with Gasteiger partial charge in [0.25, 0.3) is 5.91 Å². The SMILES string of the molecule is CCn1c2cnccc2c2ccc(C(=O)NC(CO)c3ccccc3)cc21. The molecule has 1 atom stereocenters. The van der Waals surface area contributed by atoms with Crippen LogP contribution >= 0.6 is 0 Å². The molecular weight excluding hydrogens is 338 g/mol. The van der Waals surface area contributed by atoms with Gasteiger partial charge in [-0.25, -0.2) is 0 Å². The molecule has 2 aromatic carbocycles. The number of aliphatic hydroxyl groups is 1. The lowest BCUT2D eigenvalue weighted by atomic mass is 10.1. The molecule has 2 N–H and O–H groups in total. The first-order valence-electron chi connectivity index (χ1n) is 9.05. The number of carbonyl (C=O) groups excluding carboxylic acids is 1. The summed E-state index contributed by atoms with van der Waals surface area (Å²) in [6.45, 7) is 2.72. The summed E-state index contributed by atoms with van der Waals surface area (Å²) in [7, 11) is 0. The van der Waals surface area contributed by atoms with Crippen molar-refractivity contribution in [3.05, 3.63) is 78.1 Å². The normalized spacial score (nSPS) is 12.4. The largest absolute Gasteiger partial charge is 0.394 e. The van der Waals surface area contributed by atoms with E-state index in [-0.39, 0.29) is 12.5 Å². The van der Waals surface area contributed by atoms with Gasteiger partial charge in [0.05, 0.1) is 24.4 Å². The monoisotopic (exact) mass is 359 g/mol. The van der Waals surface area contributed by atoms with Crippen molar-refractivity contribution in [3.63, 3.8) is 0 Å². The van der Waals surface area contributed by atoms with E-state index in [1.165, 1.54) is 0 Å². The predicted octanol–water partition coefficient (Wildman–Crippen LogP) is 3.67. The van der Waals surface area contributed by atoms with Gasteiger partial charge in [-0.2, -0.15) is 0 Å². The lowest BCUT2D eigenvalue weighted by molar-refractivity contribution is 0.0916. The van der Waals surface area contributed by atoms with Crippen LogP contribution in [0.2, 0.25) is 0 Å². The lowest BCUT2D eigenvalue weighted by Crippen LogP contribution is -2.30. The second-order valence-corrected chi connectivity index (χ2v) is 6.49. The number of fused-ring (bicyclic) bond motifs is 3. The fraction of sp³-hybridized carbons (Fsp3) is 0.182. The number of carbonyl (C=O) groups is 1. The quantitative estimate of drug-likeness (QED) is 0.571. The molecule has 0 aliphatic heterocycles. The van der Waals surface area contributed by atoms with E-state index >= 15 is 0 Å². The number of amides is 1.